The number of nitrogens with one attached hydrogen (secondary N) is 1. The Bertz CT molecular complexity index is 371. The van der Waals surface area contributed by atoms with Crippen LogP contribution in [0.3, 0.4) is 0 Å². The normalized spacial score (nSPS) is 12.7. The molecule has 1 aromatic heterocycles. The minimum Gasteiger partial charge on any atom is -0.307 e. The third-order valence-electron chi connectivity index (χ3n) is 2.92. The van der Waals surface area contributed by atoms with Crippen LogP contribution in [0.5, 0.6) is 0 Å². The molecule has 1 rings (SSSR count). The first kappa shape index (κ1) is 13.9. The number of ketones is 1. The van der Waals surface area contributed by atoms with Crippen molar-refractivity contribution in [3.05, 3.63) is 17.5 Å². The Labute approximate surface area is 103 Å². The second kappa shape index (κ2) is 6.55. The Morgan fingerprint density at radius 1 is 1.53 bits per heavy atom. The lowest BCUT2D eigenvalue weighted by molar-refractivity contribution is -0.117. The number of hydrogen-bond acceptors (Lipinski definition) is 3. The molecule has 1 aromatic rings. The van der Waals surface area contributed by atoms with Gasteiger partial charge in [-0.1, -0.05) is 6.92 Å². The van der Waals surface area contributed by atoms with Crippen LogP contribution >= 0.6 is 0 Å². The molecule has 17 heavy (non-hydrogen) atoms. The average molecular weight is 237 g/mol. The van der Waals surface area contributed by atoms with E-state index in [4.69, 9.17) is 0 Å². The summed E-state index contributed by atoms with van der Waals surface area (Å²) in [7, 11) is 0. The highest BCUT2D eigenvalue weighted by Gasteiger charge is 2.10. The van der Waals surface area contributed by atoms with Crippen LogP contribution in [0.1, 0.15) is 38.6 Å². The van der Waals surface area contributed by atoms with E-state index in [1.807, 2.05) is 24.6 Å². The molecule has 0 amide bonds. The van der Waals surface area contributed by atoms with Gasteiger partial charge in [-0.2, -0.15) is 5.10 Å². The van der Waals surface area contributed by atoms with E-state index < -0.39 is 0 Å². The van der Waals surface area contributed by atoms with Crippen molar-refractivity contribution in [2.24, 2.45) is 0 Å². The summed E-state index contributed by atoms with van der Waals surface area (Å²) in [5.74, 6) is 0.222. The average Bonchev–Trinajstić information content (AvgIpc) is 2.66. The Hall–Kier alpha value is -1.16. The highest BCUT2D eigenvalue weighted by molar-refractivity contribution is 5.82. The molecule has 0 aliphatic heterocycles. The third-order valence-corrected chi connectivity index (χ3v) is 2.92. The fourth-order valence-corrected chi connectivity index (χ4v) is 1.71. The minimum atomic E-state index is 0.222. The van der Waals surface area contributed by atoms with Crippen molar-refractivity contribution in [2.75, 3.05) is 6.54 Å². The fraction of sp³-hybridized carbons (Fsp3) is 0.692. The van der Waals surface area contributed by atoms with Crippen LogP contribution in [0.15, 0.2) is 6.07 Å². The second-order valence-electron chi connectivity index (χ2n) is 4.50. The summed E-state index contributed by atoms with van der Waals surface area (Å²) in [6.45, 7) is 9.46. The van der Waals surface area contributed by atoms with Crippen LogP contribution in [-0.4, -0.2) is 28.2 Å². The van der Waals surface area contributed by atoms with Crippen LogP contribution < -0.4 is 5.32 Å². The zero-order valence-electron chi connectivity index (χ0n) is 11.3. The quantitative estimate of drug-likeness (QED) is 0.785. The summed E-state index contributed by atoms with van der Waals surface area (Å²) in [6, 6.07) is 2.39. The molecule has 0 bridgehead atoms. The Kier molecular flexibility index (Phi) is 5.35. The van der Waals surface area contributed by atoms with Gasteiger partial charge in [0, 0.05) is 24.7 Å². The minimum absolute atomic E-state index is 0.222. The van der Waals surface area contributed by atoms with Gasteiger partial charge in [-0.15, -0.1) is 0 Å². The van der Waals surface area contributed by atoms with Crippen LogP contribution in [0.4, 0.5) is 0 Å². The van der Waals surface area contributed by atoms with Gasteiger partial charge in [-0.05, 0) is 33.3 Å². The van der Waals surface area contributed by atoms with Crippen molar-refractivity contribution in [3.8, 4) is 0 Å². The van der Waals surface area contributed by atoms with Crippen molar-refractivity contribution in [1.29, 1.82) is 0 Å². The van der Waals surface area contributed by atoms with E-state index in [1.54, 1.807) is 0 Å². The zero-order chi connectivity index (χ0) is 12.8. The first-order valence-electron chi connectivity index (χ1n) is 6.35. The largest absolute Gasteiger partial charge is 0.307 e. The number of aryl methyl sites for hydroxylation is 2. The lowest BCUT2D eigenvalue weighted by Crippen LogP contribution is -2.31. The highest BCUT2D eigenvalue weighted by atomic mass is 16.1. The Morgan fingerprint density at radius 3 is 2.82 bits per heavy atom. The predicted molar refractivity (Wildman–Crippen MR) is 69.1 cm³/mol. The third kappa shape index (κ3) is 4.30. The summed E-state index contributed by atoms with van der Waals surface area (Å²) in [5.41, 5.74) is 1.99. The van der Waals surface area contributed by atoms with E-state index in [1.165, 1.54) is 0 Å². The molecule has 1 unspecified atom stereocenters. The maximum Gasteiger partial charge on any atom is 0.152 e. The molecule has 0 aliphatic carbocycles. The van der Waals surface area contributed by atoms with Crippen molar-refractivity contribution in [3.63, 3.8) is 0 Å². The van der Waals surface area contributed by atoms with Crippen molar-refractivity contribution >= 4 is 5.78 Å². The van der Waals surface area contributed by atoms with Gasteiger partial charge in [-0.25, -0.2) is 0 Å². The molecule has 4 nitrogen and oxygen atoms in total. The van der Waals surface area contributed by atoms with Gasteiger partial charge in [0.2, 0.25) is 0 Å². The monoisotopic (exact) mass is 237 g/mol. The van der Waals surface area contributed by atoms with Crippen LogP contribution in [0, 0.1) is 6.92 Å². The first-order valence-corrected chi connectivity index (χ1v) is 6.35. The van der Waals surface area contributed by atoms with E-state index in [0.29, 0.717) is 19.0 Å². The van der Waals surface area contributed by atoms with E-state index in [0.717, 1.165) is 24.4 Å². The summed E-state index contributed by atoms with van der Waals surface area (Å²) >= 11 is 0. The molecular weight excluding hydrogens is 214 g/mol. The van der Waals surface area contributed by atoms with Crippen molar-refractivity contribution in [1.82, 2.24) is 15.1 Å². The molecule has 1 atom stereocenters. The fourth-order valence-electron chi connectivity index (χ4n) is 1.71. The smallest absolute Gasteiger partial charge is 0.152 e. The zero-order valence-corrected chi connectivity index (χ0v) is 11.3. The second-order valence-corrected chi connectivity index (χ2v) is 4.50. The van der Waals surface area contributed by atoms with Gasteiger partial charge in [-0.3, -0.25) is 9.48 Å². The van der Waals surface area contributed by atoms with Crippen molar-refractivity contribution in [2.45, 2.75) is 53.1 Å². The number of nitrogens with zero attached hydrogens (tertiary/aromatic N) is 2. The summed E-state index contributed by atoms with van der Waals surface area (Å²) in [5, 5.41) is 7.55. The molecule has 0 radical (unpaired) electrons. The maximum atomic E-state index is 11.8. The van der Waals surface area contributed by atoms with E-state index in [9.17, 15) is 4.79 Å². The van der Waals surface area contributed by atoms with Crippen LogP contribution in [0.2, 0.25) is 0 Å². The number of hydrogen-bond donors (Lipinski definition) is 1. The number of carbonyl (C=O) groups is 1. The summed E-state index contributed by atoms with van der Waals surface area (Å²) in [6.07, 6.45) is 1.51. The first-order chi connectivity index (χ1) is 8.06. The Balaban J connectivity index is 2.50. The van der Waals surface area contributed by atoms with Crippen LogP contribution in [-0.2, 0) is 17.8 Å². The van der Waals surface area contributed by atoms with E-state index in [-0.39, 0.29) is 5.78 Å². The van der Waals surface area contributed by atoms with Gasteiger partial charge in [0.1, 0.15) is 0 Å². The SMILES string of the molecule is CCC(C)NCC(=O)Cc1cc(C)nn1CC. The van der Waals surface area contributed by atoms with Gasteiger partial charge in [0.25, 0.3) is 0 Å². The summed E-state index contributed by atoms with van der Waals surface area (Å²) < 4.78 is 1.90. The lowest BCUT2D eigenvalue weighted by atomic mass is 10.2. The van der Waals surface area contributed by atoms with Crippen LogP contribution in [0.25, 0.3) is 0 Å². The molecule has 96 valence electrons. The molecule has 1 N–H and O–H groups in total. The number of carbonyl (C=O) groups excluding carboxylic acids is 1. The van der Waals surface area contributed by atoms with Gasteiger partial charge in [0.15, 0.2) is 5.78 Å². The molecule has 0 spiro atoms. The van der Waals surface area contributed by atoms with Gasteiger partial charge >= 0.3 is 0 Å². The molecule has 0 aromatic carbocycles. The maximum absolute atomic E-state index is 11.8. The molecule has 4 heteroatoms. The molecule has 0 saturated carbocycles. The predicted octanol–water partition coefficient (Wildman–Crippen LogP) is 1.71. The number of rotatable bonds is 7. The topological polar surface area (TPSA) is 46.9 Å². The number of aromatic nitrogens is 2. The lowest BCUT2D eigenvalue weighted by Gasteiger charge is -2.10. The standard InChI is InChI=1S/C13H23N3O/c1-5-10(3)14-9-13(17)8-12-7-11(4)15-16(12)6-2/h7,10,14H,5-6,8-9H2,1-4H3. The molecule has 1 heterocycles. The summed E-state index contributed by atoms with van der Waals surface area (Å²) in [4.78, 5) is 11.8. The van der Waals surface area contributed by atoms with Crippen molar-refractivity contribution < 1.29 is 4.79 Å². The van der Waals surface area contributed by atoms with Gasteiger partial charge < -0.3 is 5.32 Å². The van der Waals surface area contributed by atoms with Gasteiger partial charge in [0.05, 0.1) is 12.2 Å². The van der Waals surface area contributed by atoms with E-state index in [2.05, 4.69) is 24.3 Å². The van der Waals surface area contributed by atoms with E-state index >= 15 is 0 Å². The molecule has 0 fully saturated rings. The molecule has 0 saturated heterocycles. The number of Topliss-reactive ketones (excluding diaryl/α,β-unsaturated/α-hetero) is 1. The Morgan fingerprint density at radius 2 is 2.24 bits per heavy atom. The molecular formula is C13H23N3O. The highest BCUT2D eigenvalue weighted by Crippen LogP contribution is 2.05. The molecule has 0 aliphatic rings.